The molecule has 1 aromatic carbocycles. The van der Waals surface area contributed by atoms with Crippen molar-refractivity contribution < 1.29 is 14.3 Å². The Morgan fingerprint density at radius 2 is 1.81 bits per heavy atom. The average molecular weight is 290 g/mol. The first kappa shape index (κ1) is 15.4. The molecule has 5 nitrogen and oxygen atoms in total. The largest absolute Gasteiger partial charge is 0.496 e. The Hall–Kier alpha value is -2.04. The van der Waals surface area contributed by atoms with Crippen LogP contribution in [0.2, 0.25) is 0 Å². The predicted molar refractivity (Wildman–Crippen MR) is 79.9 cm³/mol. The van der Waals surface area contributed by atoms with Crippen LogP contribution in [-0.4, -0.2) is 36.9 Å². The number of carbonyl (C=O) groups is 2. The van der Waals surface area contributed by atoms with Crippen LogP contribution in [0.25, 0.3) is 0 Å². The first-order valence-corrected chi connectivity index (χ1v) is 7.41. The summed E-state index contributed by atoms with van der Waals surface area (Å²) in [6, 6.07) is 7.45. The third kappa shape index (κ3) is 4.21. The number of ether oxygens (including phenoxy) is 1. The Kier molecular flexibility index (Phi) is 5.60. The molecule has 0 unspecified atom stereocenters. The zero-order chi connectivity index (χ0) is 15.1. The summed E-state index contributed by atoms with van der Waals surface area (Å²) in [5.41, 5.74) is 0.858. The minimum atomic E-state index is -0.539. The first-order valence-electron chi connectivity index (χ1n) is 7.41. The molecule has 1 N–H and O–H groups in total. The lowest BCUT2D eigenvalue weighted by atomic mass is 10.2. The zero-order valence-electron chi connectivity index (χ0n) is 12.4. The lowest BCUT2D eigenvalue weighted by Gasteiger charge is -2.19. The van der Waals surface area contributed by atoms with Crippen LogP contribution in [0.1, 0.15) is 31.2 Å². The molecular formula is C16H22N2O3. The van der Waals surface area contributed by atoms with Gasteiger partial charge < -0.3 is 15.0 Å². The van der Waals surface area contributed by atoms with Crippen molar-refractivity contribution in [3.63, 3.8) is 0 Å². The van der Waals surface area contributed by atoms with Crippen LogP contribution in [0.15, 0.2) is 24.3 Å². The van der Waals surface area contributed by atoms with Gasteiger partial charge in [0.1, 0.15) is 5.75 Å². The van der Waals surface area contributed by atoms with E-state index < -0.39 is 11.8 Å². The van der Waals surface area contributed by atoms with E-state index in [0.29, 0.717) is 25.4 Å². The number of carbonyl (C=O) groups excluding carboxylic acids is 2. The molecule has 1 aromatic rings. The molecule has 21 heavy (non-hydrogen) atoms. The van der Waals surface area contributed by atoms with Gasteiger partial charge in [0.2, 0.25) is 0 Å². The highest BCUT2D eigenvalue weighted by atomic mass is 16.5. The summed E-state index contributed by atoms with van der Waals surface area (Å²) in [6.07, 6.45) is 4.22. The number of methoxy groups -OCH3 is 1. The van der Waals surface area contributed by atoms with E-state index in [1.165, 1.54) is 0 Å². The van der Waals surface area contributed by atoms with Crippen molar-refractivity contribution in [3.8, 4) is 5.75 Å². The Morgan fingerprint density at radius 3 is 2.48 bits per heavy atom. The fraction of sp³-hybridized carbons (Fsp3) is 0.500. The molecule has 1 aliphatic heterocycles. The molecule has 1 aliphatic rings. The zero-order valence-corrected chi connectivity index (χ0v) is 12.4. The Labute approximate surface area is 125 Å². The van der Waals surface area contributed by atoms with E-state index in [0.717, 1.165) is 31.2 Å². The number of hydrogen-bond acceptors (Lipinski definition) is 3. The van der Waals surface area contributed by atoms with Crippen LogP contribution in [0.5, 0.6) is 5.75 Å². The average Bonchev–Trinajstić information content (AvgIpc) is 2.81. The normalized spacial score (nSPS) is 15.2. The fourth-order valence-corrected chi connectivity index (χ4v) is 2.52. The lowest BCUT2D eigenvalue weighted by molar-refractivity contribution is -0.145. The van der Waals surface area contributed by atoms with Gasteiger partial charge >= 0.3 is 11.8 Å². The predicted octanol–water partition coefficient (Wildman–Crippen LogP) is 1.71. The number of nitrogens with one attached hydrogen (secondary N) is 1. The second kappa shape index (κ2) is 7.67. The highest BCUT2D eigenvalue weighted by Gasteiger charge is 2.22. The maximum absolute atomic E-state index is 12.1. The topological polar surface area (TPSA) is 58.6 Å². The summed E-state index contributed by atoms with van der Waals surface area (Å²) in [4.78, 5) is 25.8. The van der Waals surface area contributed by atoms with E-state index in [1.807, 2.05) is 24.3 Å². The monoisotopic (exact) mass is 290 g/mol. The molecule has 1 heterocycles. The molecule has 1 saturated heterocycles. The summed E-state index contributed by atoms with van der Waals surface area (Å²) in [5.74, 6) is -0.255. The smallest absolute Gasteiger partial charge is 0.311 e. The van der Waals surface area contributed by atoms with E-state index in [2.05, 4.69) is 5.32 Å². The van der Waals surface area contributed by atoms with E-state index in [1.54, 1.807) is 12.0 Å². The number of likely N-dealkylation sites (tertiary alicyclic amines) is 1. The van der Waals surface area contributed by atoms with E-state index in [9.17, 15) is 9.59 Å². The summed E-state index contributed by atoms with van der Waals surface area (Å²) in [5, 5.41) is 2.68. The second-order valence-corrected chi connectivity index (χ2v) is 5.20. The van der Waals surface area contributed by atoms with Gasteiger partial charge in [0.05, 0.1) is 7.11 Å². The van der Waals surface area contributed by atoms with Crippen molar-refractivity contribution in [1.82, 2.24) is 10.2 Å². The van der Waals surface area contributed by atoms with Crippen LogP contribution in [-0.2, 0) is 16.1 Å². The van der Waals surface area contributed by atoms with Gasteiger partial charge in [-0.3, -0.25) is 9.59 Å². The van der Waals surface area contributed by atoms with Crippen LogP contribution in [0.4, 0.5) is 0 Å². The molecule has 0 aliphatic carbocycles. The highest BCUT2D eigenvalue weighted by molar-refractivity contribution is 6.34. The van der Waals surface area contributed by atoms with Gasteiger partial charge in [-0.1, -0.05) is 31.0 Å². The SMILES string of the molecule is COc1ccccc1CNC(=O)C(=O)N1CCCCCC1. The minimum absolute atomic E-state index is 0.294. The van der Waals surface area contributed by atoms with Crippen molar-refractivity contribution >= 4 is 11.8 Å². The molecule has 0 spiro atoms. The van der Waals surface area contributed by atoms with Gasteiger partial charge in [-0.15, -0.1) is 0 Å². The molecule has 1 fully saturated rings. The molecule has 0 bridgehead atoms. The number of nitrogens with zero attached hydrogens (tertiary/aromatic N) is 1. The van der Waals surface area contributed by atoms with E-state index >= 15 is 0 Å². The van der Waals surface area contributed by atoms with Crippen LogP contribution in [0.3, 0.4) is 0 Å². The Bertz CT molecular complexity index is 494. The number of hydrogen-bond donors (Lipinski definition) is 1. The number of para-hydroxylation sites is 1. The van der Waals surface area contributed by atoms with Gasteiger partial charge in [-0.25, -0.2) is 0 Å². The molecule has 2 rings (SSSR count). The minimum Gasteiger partial charge on any atom is -0.496 e. The fourth-order valence-electron chi connectivity index (χ4n) is 2.52. The second-order valence-electron chi connectivity index (χ2n) is 5.20. The maximum Gasteiger partial charge on any atom is 0.311 e. The van der Waals surface area contributed by atoms with Crippen molar-refractivity contribution in [2.75, 3.05) is 20.2 Å². The van der Waals surface area contributed by atoms with Crippen molar-refractivity contribution in [2.45, 2.75) is 32.2 Å². The molecule has 0 saturated carbocycles. The summed E-state index contributed by atoms with van der Waals surface area (Å²) in [6.45, 7) is 1.66. The molecule has 2 amide bonds. The van der Waals surface area contributed by atoms with Crippen molar-refractivity contribution in [2.24, 2.45) is 0 Å². The van der Waals surface area contributed by atoms with Crippen LogP contribution < -0.4 is 10.1 Å². The standard InChI is InChI=1S/C16H22N2O3/c1-21-14-9-5-4-8-13(14)12-17-15(19)16(20)18-10-6-2-3-7-11-18/h4-5,8-9H,2-3,6-7,10-12H2,1H3,(H,17,19). The van der Waals surface area contributed by atoms with Gasteiger partial charge in [-0.2, -0.15) is 0 Å². The lowest BCUT2D eigenvalue weighted by Crippen LogP contribution is -2.43. The van der Waals surface area contributed by atoms with Gasteiger partial charge in [0.25, 0.3) is 0 Å². The van der Waals surface area contributed by atoms with Gasteiger partial charge in [0, 0.05) is 25.2 Å². The van der Waals surface area contributed by atoms with Crippen LogP contribution in [0, 0.1) is 0 Å². The van der Waals surface area contributed by atoms with Crippen molar-refractivity contribution in [3.05, 3.63) is 29.8 Å². The van der Waals surface area contributed by atoms with E-state index in [-0.39, 0.29) is 0 Å². The number of rotatable bonds is 3. The molecule has 0 radical (unpaired) electrons. The summed E-state index contributed by atoms with van der Waals surface area (Å²) < 4.78 is 5.22. The molecule has 0 atom stereocenters. The van der Waals surface area contributed by atoms with E-state index in [4.69, 9.17) is 4.74 Å². The summed E-state index contributed by atoms with van der Waals surface area (Å²) >= 11 is 0. The molecular weight excluding hydrogens is 268 g/mol. The van der Waals surface area contributed by atoms with Gasteiger partial charge in [0.15, 0.2) is 0 Å². The Morgan fingerprint density at radius 1 is 1.14 bits per heavy atom. The maximum atomic E-state index is 12.1. The highest BCUT2D eigenvalue weighted by Crippen LogP contribution is 2.16. The molecule has 0 aromatic heterocycles. The Balaban J connectivity index is 1.90. The van der Waals surface area contributed by atoms with Gasteiger partial charge in [-0.05, 0) is 18.9 Å². The summed E-state index contributed by atoms with van der Waals surface area (Å²) in [7, 11) is 1.59. The van der Waals surface area contributed by atoms with Crippen molar-refractivity contribution in [1.29, 1.82) is 0 Å². The third-order valence-corrected chi connectivity index (χ3v) is 3.72. The van der Waals surface area contributed by atoms with Crippen LogP contribution >= 0.6 is 0 Å². The molecule has 5 heteroatoms. The molecule has 114 valence electrons. The first-order chi connectivity index (χ1) is 10.2. The number of benzene rings is 1. The third-order valence-electron chi connectivity index (χ3n) is 3.72. The number of amides is 2. The quantitative estimate of drug-likeness (QED) is 0.862.